The van der Waals surface area contributed by atoms with Gasteiger partial charge in [-0.05, 0) is 68.8 Å². The van der Waals surface area contributed by atoms with Crippen LogP contribution in [0, 0.1) is 17.8 Å². The van der Waals surface area contributed by atoms with Crippen LogP contribution in [0.2, 0.25) is 0 Å². The summed E-state index contributed by atoms with van der Waals surface area (Å²) >= 11 is 0. The Labute approximate surface area is 214 Å². The van der Waals surface area contributed by atoms with Crippen molar-refractivity contribution < 1.29 is 24.2 Å². The molecule has 1 fully saturated rings. The monoisotopic (exact) mass is 496 g/mol. The highest BCUT2D eigenvalue weighted by Crippen LogP contribution is 2.35. The minimum Gasteiger partial charge on any atom is -0.503 e. The Bertz CT molecular complexity index is 994. The number of esters is 1. The summed E-state index contributed by atoms with van der Waals surface area (Å²) in [6.07, 6.45) is 7.58. The number of hydrogen-bond donors (Lipinski definition) is 2. The number of benzene rings is 1. The number of methoxy groups -OCH3 is 1. The van der Waals surface area contributed by atoms with Gasteiger partial charge in [0.2, 0.25) is 0 Å². The highest BCUT2D eigenvalue weighted by atomic mass is 16.5. The Hall–Kier alpha value is -3.09. The summed E-state index contributed by atoms with van der Waals surface area (Å²) in [5.74, 6) is -0.0596. The van der Waals surface area contributed by atoms with E-state index in [0.29, 0.717) is 18.3 Å². The molecule has 2 N–H and O–H groups in total. The van der Waals surface area contributed by atoms with Crippen molar-refractivity contribution in [3.63, 3.8) is 0 Å². The van der Waals surface area contributed by atoms with Gasteiger partial charge in [-0.3, -0.25) is 4.79 Å². The Balaban J connectivity index is 1.70. The normalized spacial score (nSPS) is 22.8. The molecule has 196 valence electrons. The maximum atomic E-state index is 13.1. The van der Waals surface area contributed by atoms with Gasteiger partial charge >= 0.3 is 5.97 Å². The molecule has 1 saturated heterocycles. The molecule has 7 nitrogen and oxygen atoms in total. The average Bonchev–Trinajstić information content (AvgIpc) is 2.90. The molecule has 0 saturated carbocycles. The molecule has 0 radical (unpaired) electrons. The fourth-order valence-corrected chi connectivity index (χ4v) is 5.28. The van der Waals surface area contributed by atoms with Crippen molar-refractivity contribution in [2.24, 2.45) is 17.8 Å². The topological polar surface area (TPSA) is 97.8 Å². The Morgan fingerprint density at radius 2 is 1.97 bits per heavy atom. The fraction of sp³-hybridized carbons (Fsp3) is 0.552. The number of ether oxygens (including phenoxy) is 2. The van der Waals surface area contributed by atoms with Gasteiger partial charge in [0.15, 0.2) is 17.2 Å². The van der Waals surface area contributed by atoms with Crippen molar-refractivity contribution in [3.05, 3.63) is 53.9 Å². The Morgan fingerprint density at radius 3 is 2.67 bits per heavy atom. The van der Waals surface area contributed by atoms with E-state index in [0.717, 1.165) is 38.5 Å². The summed E-state index contributed by atoms with van der Waals surface area (Å²) in [7, 11) is 1.40. The van der Waals surface area contributed by atoms with Gasteiger partial charge in [0.05, 0.1) is 7.11 Å². The van der Waals surface area contributed by atoms with Gasteiger partial charge < -0.3 is 19.9 Å². The molecule has 2 aromatic rings. The van der Waals surface area contributed by atoms with E-state index >= 15 is 0 Å². The molecule has 7 heteroatoms. The third-order valence-electron chi connectivity index (χ3n) is 7.12. The highest BCUT2D eigenvalue weighted by molar-refractivity contribution is 5.97. The van der Waals surface area contributed by atoms with Gasteiger partial charge in [-0.1, -0.05) is 50.6 Å². The van der Waals surface area contributed by atoms with Gasteiger partial charge in [-0.25, -0.2) is 9.78 Å². The Kier molecular flexibility index (Phi) is 10.1. The smallest absolute Gasteiger partial charge is 0.328 e. The van der Waals surface area contributed by atoms with Gasteiger partial charge in [-0.15, -0.1) is 0 Å². The predicted octanol–water partition coefficient (Wildman–Crippen LogP) is 5.31. The van der Waals surface area contributed by atoms with Crippen LogP contribution in [-0.4, -0.2) is 41.2 Å². The zero-order valence-corrected chi connectivity index (χ0v) is 21.9. The Morgan fingerprint density at radius 1 is 1.22 bits per heavy atom. The lowest BCUT2D eigenvalue weighted by atomic mass is 9.77. The first-order valence-corrected chi connectivity index (χ1v) is 13.1. The van der Waals surface area contributed by atoms with E-state index in [2.05, 4.69) is 48.4 Å². The number of nitrogens with zero attached hydrogens (tertiary/aromatic N) is 1. The van der Waals surface area contributed by atoms with Crippen molar-refractivity contribution in [2.75, 3.05) is 7.11 Å². The molecule has 0 bridgehead atoms. The lowest BCUT2D eigenvalue weighted by molar-refractivity contribution is -0.154. The summed E-state index contributed by atoms with van der Waals surface area (Å²) in [5.41, 5.74) is 1.17. The van der Waals surface area contributed by atoms with Gasteiger partial charge in [0, 0.05) is 12.3 Å². The van der Waals surface area contributed by atoms with Crippen LogP contribution in [0.3, 0.4) is 0 Å². The van der Waals surface area contributed by atoms with Crippen LogP contribution in [0.15, 0.2) is 42.6 Å². The van der Waals surface area contributed by atoms with Crippen molar-refractivity contribution in [1.82, 2.24) is 10.3 Å². The van der Waals surface area contributed by atoms with Crippen LogP contribution in [0.25, 0.3) is 0 Å². The van der Waals surface area contributed by atoms with Crippen molar-refractivity contribution in [3.8, 4) is 11.5 Å². The molecule has 0 aliphatic carbocycles. The minimum atomic E-state index is -0.796. The molecule has 1 aliphatic heterocycles. The number of amides is 1. The molecular weight excluding hydrogens is 456 g/mol. The number of aryl methyl sites for hydroxylation is 1. The molecule has 0 spiro atoms. The highest BCUT2D eigenvalue weighted by Gasteiger charge is 2.34. The zero-order chi connectivity index (χ0) is 26.1. The van der Waals surface area contributed by atoms with Crippen molar-refractivity contribution in [2.45, 2.75) is 77.9 Å². The summed E-state index contributed by atoms with van der Waals surface area (Å²) in [5, 5.41) is 13.0. The molecule has 1 aliphatic rings. The first-order valence-electron chi connectivity index (χ1n) is 13.1. The van der Waals surface area contributed by atoms with Crippen LogP contribution < -0.4 is 10.1 Å². The number of nitrogens with one attached hydrogen (secondary N) is 1. The number of carbonyl (C=O) groups excluding carboxylic acids is 2. The van der Waals surface area contributed by atoms with E-state index < -0.39 is 17.9 Å². The number of aromatic hydroxyl groups is 1. The third-order valence-corrected chi connectivity index (χ3v) is 7.12. The molecule has 36 heavy (non-hydrogen) atoms. The van der Waals surface area contributed by atoms with Crippen LogP contribution in [0.4, 0.5) is 0 Å². The second-order valence-electron chi connectivity index (χ2n) is 10.2. The van der Waals surface area contributed by atoms with Crippen molar-refractivity contribution in [1.29, 1.82) is 0 Å². The first kappa shape index (κ1) is 27.5. The molecule has 1 amide bonds. The molecule has 4 unspecified atom stereocenters. The lowest BCUT2D eigenvalue weighted by Gasteiger charge is -2.32. The van der Waals surface area contributed by atoms with Gasteiger partial charge in [-0.2, -0.15) is 0 Å². The number of aromatic nitrogens is 1. The SMILES string of the molecule is COc1ccnc(C(=O)NC2CCCC(CCCc3ccccc3)C(CC(C)C)C(C)OC2=O)c1O. The fourth-order valence-electron chi connectivity index (χ4n) is 5.28. The molecular formula is C29H40N2O5. The third kappa shape index (κ3) is 7.45. The summed E-state index contributed by atoms with van der Waals surface area (Å²) in [6.45, 7) is 6.40. The quantitative estimate of drug-likeness (QED) is 0.457. The molecule has 1 aromatic heterocycles. The maximum absolute atomic E-state index is 13.1. The number of hydrogen-bond acceptors (Lipinski definition) is 6. The largest absolute Gasteiger partial charge is 0.503 e. The van der Waals surface area contributed by atoms with Gasteiger partial charge in [0.1, 0.15) is 12.1 Å². The van der Waals surface area contributed by atoms with Crippen LogP contribution >= 0.6 is 0 Å². The number of rotatable bonds is 9. The molecule has 1 aromatic carbocycles. The van der Waals surface area contributed by atoms with Crippen molar-refractivity contribution >= 4 is 11.9 Å². The van der Waals surface area contributed by atoms with E-state index in [1.807, 2.05) is 13.0 Å². The summed E-state index contributed by atoms with van der Waals surface area (Å²) < 4.78 is 11.0. The molecule has 2 heterocycles. The number of pyridine rings is 1. The van der Waals surface area contributed by atoms with Crippen LogP contribution in [-0.2, 0) is 16.0 Å². The van der Waals surface area contributed by atoms with E-state index in [1.54, 1.807) is 0 Å². The lowest BCUT2D eigenvalue weighted by Crippen LogP contribution is -2.43. The standard InChI is InChI=1S/C29H40N2O5/c1-19(2)18-23-20(3)36-29(34)24(31-28(33)26-27(32)25(35-4)16-17-30-26)15-9-14-22(23)13-8-12-21-10-6-5-7-11-21/h5-7,10-11,16-17,19-20,22-24,32H,8-9,12-15,18H2,1-4H3,(H,31,33). The predicted molar refractivity (Wildman–Crippen MR) is 139 cm³/mol. The molecule has 4 atom stereocenters. The number of cyclic esters (lactones) is 1. The summed E-state index contributed by atoms with van der Waals surface area (Å²) in [4.78, 5) is 29.9. The second kappa shape index (κ2) is 13.3. The zero-order valence-electron chi connectivity index (χ0n) is 21.9. The second-order valence-corrected chi connectivity index (χ2v) is 10.2. The average molecular weight is 497 g/mol. The molecule has 3 rings (SSSR count). The first-order chi connectivity index (χ1) is 17.3. The number of carbonyl (C=O) groups is 2. The van der Waals surface area contributed by atoms with E-state index in [1.165, 1.54) is 24.9 Å². The summed E-state index contributed by atoms with van der Waals surface area (Å²) in [6, 6.07) is 11.2. The van der Waals surface area contributed by atoms with Crippen LogP contribution in [0.5, 0.6) is 11.5 Å². The van der Waals surface area contributed by atoms with E-state index in [9.17, 15) is 14.7 Å². The van der Waals surface area contributed by atoms with E-state index in [-0.39, 0.29) is 29.2 Å². The maximum Gasteiger partial charge on any atom is 0.328 e. The van der Waals surface area contributed by atoms with Gasteiger partial charge in [0.25, 0.3) is 5.91 Å². The van der Waals surface area contributed by atoms with Crippen LogP contribution in [0.1, 0.15) is 75.3 Å². The minimum absolute atomic E-state index is 0.149. The van der Waals surface area contributed by atoms with E-state index in [4.69, 9.17) is 9.47 Å².